The van der Waals surface area contributed by atoms with E-state index in [2.05, 4.69) is 9.98 Å². The van der Waals surface area contributed by atoms with E-state index < -0.39 is 29.1 Å². The average Bonchev–Trinajstić information content (AvgIpc) is 3.47. The average molecular weight is 649 g/mol. The van der Waals surface area contributed by atoms with Crippen molar-refractivity contribution < 1.29 is 35.5 Å². The van der Waals surface area contributed by atoms with Gasteiger partial charge in [0.15, 0.2) is 5.76 Å². The van der Waals surface area contributed by atoms with Crippen molar-refractivity contribution in [3.05, 3.63) is 134 Å². The number of benzene rings is 3. The molecule has 2 aromatic heterocycles. The van der Waals surface area contributed by atoms with Crippen LogP contribution in [-0.2, 0) is 12.4 Å². The van der Waals surface area contributed by atoms with Crippen LogP contribution in [0.4, 0.5) is 26.3 Å². The smallest absolute Gasteiger partial charge is 0.417 e. The number of nitrogens with zero attached hydrogens (tertiary/aromatic N) is 1. The first-order chi connectivity index (χ1) is 22.1. The Labute approximate surface area is 264 Å². The summed E-state index contributed by atoms with van der Waals surface area (Å²) in [7, 11) is 0. The number of aromatic amines is 1. The number of allylic oxidation sites excluding steroid dienone is 2. The molecule has 1 N–H and O–H groups in total. The lowest BCUT2D eigenvalue weighted by Crippen LogP contribution is -2.10. The van der Waals surface area contributed by atoms with Gasteiger partial charge in [-0.2, -0.15) is 26.3 Å². The third-order valence-electron chi connectivity index (χ3n) is 8.07. The molecule has 11 heteroatoms. The fraction of sp³-hybridized carbons (Fsp3) is 0.167. The zero-order chi connectivity index (χ0) is 33.8. The van der Waals surface area contributed by atoms with E-state index in [4.69, 9.17) is 9.15 Å². The largest absolute Gasteiger partial charge is 0.453 e. The number of hydrogen-bond acceptors (Lipinski definition) is 4. The third-order valence-corrected chi connectivity index (χ3v) is 8.07. The van der Waals surface area contributed by atoms with E-state index in [1.807, 2.05) is 0 Å². The molecule has 1 aliphatic rings. The monoisotopic (exact) mass is 648 g/mol. The summed E-state index contributed by atoms with van der Waals surface area (Å²) in [4.78, 5) is 19.7. The number of nitrogens with one attached hydrogen (secondary N) is 1. The van der Waals surface area contributed by atoms with Crippen molar-refractivity contribution in [2.75, 3.05) is 0 Å². The quantitative estimate of drug-likeness (QED) is 0.117. The predicted octanol–water partition coefficient (Wildman–Crippen LogP) is 10.1. The molecule has 3 heterocycles. The Hall–Kier alpha value is -5.32. The zero-order valence-corrected chi connectivity index (χ0v) is 25.4. The van der Waals surface area contributed by atoms with Crippen molar-refractivity contribution in [1.82, 2.24) is 4.98 Å². The molecule has 240 valence electrons. The molecule has 0 saturated heterocycles. The predicted molar refractivity (Wildman–Crippen MR) is 168 cm³/mol. The number of ether oxygens (including phenoxy) is 1. The maximum absolute atomic E-state index is 14.1. The van der Waals surface area contributed by atoms with E-state index in [9.17, 15) is 31.1 Å². The summed E-state index contributed by atoms with van der Waals surface area (Å²) < 4.78 is 96.2. The number of aromatic nitrogens is 1. The zero-order valence-electron chi connectivity index (χ0n) is 25.4. The Bertz CT molecular complexity index is 2210. The van der Waals surface area contributed by atoms with Crippen molar-refractivity contribution in [2.24, 2.45) is 4.99 Å². The minimum Gasteiger partial charge on any atom is -0.453 e. The topological polar surface area (TPSA) is 67.6 Å². The van der Waals surface area contributed by atoms with Gasteiger partial charge in [0.2, 0.25) is 0 Å². The molecule has 6 rings (SSSR count). The fourth-order valence-corrected chi connectivity index (χ4v) is 6.03. The number of alkyl halides is 6. The summed E-state index contributed by atoms with van der Waals surface area (Å²) >= 11 is 0. The van der Waals surface area contributed by atoms with Gasteiger partial charge in [0, 0.05) is 40.1 Å². The molecule has 5 nitrogen and oxygen atoms in total. The van der Waals surface area contributed by atoms with E-state index in [-0.39, 0.29) is 45.2 Å². The Morgan fingerprint density at radius 1 is 0.787 bits per heavy atom. The second kappa shape index (κ2) is 11.5. The second-order valence-electron chi connectivity index (χ2n) is 11.1. The lowest BCUT2D eigenvalue weighted by Gasteiger charge is -2.16. The highest BCUT2D eigenvalue weighted by molar-refractivity contribution is 6.27. The van der Waals surface area contributed by atoms with Gasteiger partial charge in [0.05, 0.1) is 16.8 Å². The van der Waals surface area contributed by atoms with E-state index >= 15 is 0 Å². The lowest BCUT2D eigenvalue weighted by atomic mass is 9.93. The van der Waals surface area contributed by atoms with Crippen LogP contribution in [0.2, 0.25) is 0 Å². The standard InChI is InChI=1S/C36H26F6N2O3/c1-18-30(24-9-5-7-11-26(24)35(37,38)39)20(3)43-32(18)34(46-23-15-13-22-14-16-29(45)47-28(22)17-23)33-19(2)31(21(4)44-33)25-10-6-8-12-27(25)36(40,41)42/h5-17,43H,1-4H3/b34-33+. The van der Waals surface area contributed by atoms with Crippen molar-refractivity contribution in [1.29, 1.82) is 0 Å². The highest BCUT2D eigenvalue weighted by Crippen LogP contribution is 2.45. The van der Waals surface area contributed by atoms with Gasteiger partial charge in [-0.1, -0.05) is 36.4 Å². The Morgan fingerprint density at radius 3 is 2.04 bits per heavy atom. The van der Waals surface area contributed by atoms with Crippen LogP contribution in [0.3, 0.4) is 0 Å². The van der Waals surface area contributed by atoms with Crippen molar-refractivity contribution in [3.8, 4) is 16.9 Å². The van der Waals surface area contributed by atoms with Crippen molar-refractivity contribution in [3.63, 3.8) is 0 Å². The van der Waals surface area contributed by atoms with Crippen LogP contribution in [-0.4, -0.2) is 10.7 Å². The second-order valence-corrected chi connectivity index (χ2v) is 11.1. The molecule has 5 aromatic rings. The number of aryl methyl sites for hydroxylation is 1. The maximum Gasteiger partial charge on any atom is 0.417 e. The molecule has 0 amide bonds. The summed E-state index contributed by atoms with van der Waals surface area (Å²) in [6.07, 6.45) is -9.27. The van der Waals surface area contributed by atoms with E-state index in [0.717, 1.165) is 12.1 Å². The molecular weight excluding hydrogens is 622 g/mol. The SMILES string of the molecule is CC1=N/C(=C(/Oc2ccc3ccc(=O)oc3c2)c2[nH]c(C)c(-c3ccccc3C(F)(F)F)c2C)C(C)=C1c1ccccc1C(F)(F)F. The van der Waals surface area contributed by atoms with Gasteiger partial charge < -0.3 is 14.1 Å². The fourth-order valence-electron chi connectivity index (χ4n) is 6.03. The Kier molecular flexibility index (Phi) is 7.73. The van der Waals surface area contributed by atoms with Gasteiger partial charge >= 0.3 is 18.0 Å². The molecule has 0 unspecified atom stereocenters. The molecule has 0 radical (unpaired) electrons. The number of H-pyrrole nitrogens is 1. The van der Waals surface area contributed by atoms with Gasteiger partial charge in [-0.25, -0.2) is 9.79 Å². The van der Waals surface area contributed by atoms with E-state index in [1.54, 1.807) is 45.9 Å². The molecular formula is C36H26F6N2O3. The lowest BCUT2D eigenvalue weighted by molar-refractivity contribution is -0.138. The summed E-state index contributed by atoms with van der Waals surface area (Å²) in [5.41, 5.74) is 0.330. The molecule has 0 atom stereocenters. The number of rotatable bonds is 5. The van der Waals surface area contributed by atoms with Crippen LogP contribution in [0.1, 0.15) is 47.5 Å². The first-order valence-electron chi connectivity index (χ1n) is 14.4. The summed E-state index contributed by atoms with van der Waals surface area (Å²) in [6, 6.07) is 18.0. The minimum atomic E-state index is -4.64. The Morgan fingerprint density at radius 2 is 1.38 bits per heavy atom. The molecule has 47 heavy (non-hydrogen) atoms. The molecule has 3 aromatic carbocycles. The van der Waals surface area contributed by atoms with E-state index in [1.165, 1.54) is 48.5 Å². The van der Waals surface area contributed by atoms with Gasteiger partial charge in [-0.15, -0.1) is 0 Å². The molecule has 0 saturated carbocycles. The summed E-state index contributed by atoms with van der Waals surface area (Å²) in [5.74, 6) is 0.262. The number of fused-ring (bicyclic) bond motifs is 1. The van der Waals surface area contributed by atoms with Crippen molar-refractivity contribution in [2.45, 2.75) is 40.0 Å². The van der Waals surface area contributed by atoms with Crippen LogP contribution in [0.15, 0.2) is 104 Å². The Balaban J connectivity index is 1.61. The first-order valence-corrected chi connectivity index (χ1v) is 14.4. The normalized spacial score (nSPS) is 15.0. The third kappa shape index (κ3) is 5.77. The summed E-state index contributed by atoms with van der Waals surface area (Å²) in [5, 5.41) is 0.612. The first kappa shape index (κ1) is 31.7. The summed E-state index contributed by atoms with van der Waals surface area (Å²) in [6.45, 7) is 6.46. The van der Waals surface area contributed by atoms with Gasteiger partial charge in [-0.05, 0) is 80.3 Å². The van der Waals surface area contributed by atoms with E-state index in [0.29, 0.717) is 33.5 Å². The molecule has 0 aliphatic carbocycles. The molecule has 0 spiro atoms. The number of aliphatic imine (C=N–C) groups is 1. The minimum absolute atomic E-state index is 0.0486. The van der Waals surface area contributed by atoms with Gasteiger partial charge in [0.1, 0.15) is 17.0 Å². The van der Waals surface area contributed by atoms with Gasteiger partial charge in [0.25, 0.3) is 0 Å². The van der Waals surface area contributed by atoms with Crippen LogP contribution in [0.25, 0.3) is 33.4 Å². The number of hydrogen-bond donors (Lipinski definition) is 1. The van der Waals surface area contributed by atoms with Crippen LogP contribution in [0.5, 0.6) is 5.75 Å². The highest BCUT2D eigenvalue weighted by atomic mass is 19.4. The van der Waals surface area contributed by atoms with Crippen molar-refractivity contribution >= 4 is 28.0 Å². The van der Waals surface area contributed by atoms with Crippen LogP contribution < -0.4 is 10.4 Å². The highest BCUT2D eigenvalue weighted by Gasteiger charge is 2.37. The maximum atomic E-state index is 14.1. The molecule has 0 fully saturated rings. The van der Waals surface area contributed by atoms with Crippen LogP contribution in [0, 0.1) is 13.8 Å². The molecule has 0 bridgehead atoms. The number of halogens is 6. The van der Waals surface area contributed by atoms with Crippen LogP contribution >= 0.6 is 0 Å². The molecule has 1 aliphatic heterocycles. The van der Waals surface area contributed by atoms with Gasteiger partial charge in [-0.3, -0.25) is 0 Å².